The summed E-state index contributed by atoms with van der Waals surface area (Å²) < 4.78 is 6.36. The lowest BCUT2D eigenvalue weighted by Crippen LogP contribution is -2.24. The standard InChI is InChI=1S/C14H11ClO2S/c1-8-6-12(18-14(8)15)13(16)11-7-9-4-2-3-5-10(9)17-11/h2-6,11H,7H2,1H3. The molecule has 1 aliphatic heterocycles. The number of ether oxygens (including phenoxy) is 1. The molecule has 0 N–H and O–H groups in total. The van der Waals surface area contributed by atoms with Crippen molar-refractivity contribution in [3.63, 3.8) is 0 Å². The number of Topliss-reactive ketones (excluding diaryl/α,β-unsaturated/α-hetero) is 1. The van der Waals surface area contributed by atoms with Crippen molar-refractivity contribution in [2.45, 2.75) is 19.4 Å². The number of para-hydroxylation sites is 1. The molecule has 2 nitrogen and oxygen atoms in total. The van der Waals surface area contributed by atoms with Crippen molar-refractivity contribution < 1.29 is 9.53 Å². The highest BCUT2D eigenvalue weighted by Crippen LogP contribution is 2.33. The predicted octanol–water partition coefficient (Wildman–Crippen LogP) is 3.90. The molecule has 2 aromatic rings. The summed E-state index contributed by atoms with van der Waals surface area (Å²) in [6, 6.07) is 9.60. The fourth-order valence-electron chi connectivity index (χ4n) is 2.07. The lowest BCUT2D eigenvalue weighted by molar-refractivity contribution is 0.0829. The molecular weight excluding hydrogens is 268 g/mol. The minimum atomic E-state index is -0.406. The van der Waals surface area contributed by atoms with Gasteiger partial charge in [0.25, 0.3) is 0 Å². The average Bonchev–Trinajstić information content (AvgIpc) is 2.93. The van der Waals surface area contributed by atoms with E-state index < -0.39 is 6.10 Å². The Morgan fingerprint density at radius 3 is 2.89 bits per heavy atom. The first-order valence-electron chi connectivity index (χ1n) is 5.70. The molecule has 0 aliphatic carbocycles. The molecule has 1 aliphatic rings. The zero-order valence-corrected chi connectivity index (χ0v) is 11.3. The van der Waals surface area contributed by atoms with Crippen LogP contribution < -0.4 is 4.74 Å². The van der Waals surface area contributed by atoms with E-state index in [1.54, 1.807) is 0 Å². The van der Waals surface area contributed by atoms with Crippen molar-refractivity contribution in [2.75, 3.05) is 0 Å². The first kappa shape index (κ1) is 11.8. The van der Waals surface area contributed by atoms with E-state index in [4.69, 9.17) is 16.3 Å². The second-order valence-electron chi connectivity index (χ2n) is 4.35. The molecule has 0 radical (unpaired) electrons. The zero-order chi connectivity index (χ0) is 12.7. The Kier molecular flexibility index (Phi) is 2.88. The number of aryl methyl sites for hydroxylation is 1. The monoisotopic (exact) mass is 278 g/mol. The molecule has 0 amide bonds. The Morgan fingerprint density at radius 1 is 1.44 bits per heavy atom. The molecule has 1 atom stereocenters. The molecule has 0 saturated carbocycles. The SMILES string of the molecule is Cc1cc(C(=O)C2Cc3ccccc3O2)sc1Cl. The third kappa shape index (κ3) is 1.93. The number of fused-ring (bicyclic) bond motifs is 1. The van der Waals surface area contributed by atoms with Crippen LogP contribution in [0.5, 0.6) is 5.75 Å². The lowest BCUT2D eigenvalue weighted by Gasteiger charge is -2.07. The molecule has 4 heteroatoms. The predicted molar refractivity (Wildman–Crippen MR) is 73.0 cm³/mol. The van der Waals surface area contributed by atoms with Crippen LogP contribution in [-0.4, -0.2) is 11.9 Å². The highest BCUT2D eigenvalue weighted by Gasteiger charge is 2.30. The number of hydrogen-bond donors (Lipinski definition) is 0. The molecule has 92 valence electrons. The quantitative estimate of drug-likeness (QED) is 0.779. The number of thiophene rings is 1. The van der Waals surface area contributed by atoms with Gasteiger partial charge < -0.3 is 4.74 Å². The Bertz CT molecular complexity index is 574. The van der Waals surface area contributed by atoms with E-state index in [0.29, 0.717) is 15.6 Å². The third-order valence-electron chi connectivity index (χ3n) is 3.04. The molecule has 1 aromatic heterocycles. The highest BCUT2D eigenvalue weighted by atomic mass is 35.5. The summed E-state index contributed by atoms with van der Waals surface area (Å²) in [7, 11) is 0. The molecule has 1 unspecified atom stereocenters. The van der Waals surface area contributed by atoms with Gasteiger partial charge in [-0.3, -0.25) is 4.79 Å². The van der Waals surface area contributed by atoms with Crippen LogP contribution in [0.2, 0.25) is 4.34 Å². The molecule has 1 aromatic carbocycles. The smallest absolute Gasteiger partial charge is 0.213 e. The second-order valence-corrected chi connectivity index (χ2v) is 6.00. The second kappa shape index (κ2) is 4.41. The van der Waals surface area contributed by atoms with E-state index in [2.05, 4.69) is 0 Å². The summed E-state index contributed by atoms with van der Waals surface area (Å²) in [6.45, 7) is 1.90. The van der Waals surface area contributed by atoms with Gasteiger partial charge in [-0.05, 0) is 30.2 Å². The van der Waals surface area contributed by atoms with E-state index in [9.17, 15) is 4.79 Å². The summed E-state index contributed by atoms with van der Waals surface area (Å²) in [5, 5.41) is 0. The van der Waals surface area contributed by atoms with Gasteiger partial charge in [0.05, 0.1) is 9.21 Å². The van der Waals surface area contributed by atoms with E-state index >= 15 is 0 Å². The maximum absolute atomic E-state index is 12.3. The largest absolute Gasteiger partial charge is 0.482 e. The van der Waals surface area contributed by atoms with Gasteiger partial charge in [0.2, 0.25) is 5.78 Å². The lowest BCUT2D eigenvalue weighted by atomic mass is 10.1. The molecule has 2 heterocycles. The van der Waals surface area contributed by atoms with Crippen molar-refractivity contribution >= 4 is 28.7 Å². The van der Waals surface area contributed by atoms with Crippen LogP contribution in [-0.2, 0) is 6.42 Å². The van der Waals surface area contributed by atoms with Crippen LogP contribution in [0, 0.1) is 6.92 Å². The van der Waals surface area contributed by atoms with Crippen LogP contribution in [0.25, 0.3) is 0 Å². The fourth-order valence-corrected chi connectivity index (χ4v) is 3.25. The van der Waals surface area contributed by atoms with Gasteiger partial charge in [0, 0.05) is 6.42 Å². The first-order chi connectivity index (χ1) is 8.65. The van der Waals surface area contributed by atoms with Gasteiger partial charge in [0.1, 0.15) is 5.75 Å². The van der Waals surface area contributed by atoms with Crippen molar-refractivity contribution in [3.8, 4) is 5.75 Å². The van der Waals surface area contributed by atoms with E-state index in [0.717, 1.165) is 16.9 Å². The number of hydrogen-bond acceptors (Lipinski definition) is 3. The van der Waals surface area contributed by atoms with E-state index in [1.807, 2.05) is 37.3 Å². The van der Waals surface area contributed by atoms with Crippen molar-refractivity contribution in [1.29, 1.82) is 0 Å². The summed E-state index contributed by atoms with van der Waals surface area (Å²) in [4.78, 5) is 13.0. The maximum Gasteiger partial charge on any atom is 0.213 e. The number of rotatable bonds is 2. The zero-order valence-electron chi connectivity index (χ0n) is 9.77. The molecular formula is C14H11ClO2S. The maximum atomic E-state index is 12.3. The van der Waals surface area contributed by atoms with Gasteiger partial charge in [-0.2, -0.15) is 0 Å². The summed E-state index contributed by atoms with van der Waals surface area (Å²) in [5.41, 5.74) is 2.04. The normalized spacial score (nSPS) is 17.3. The van der Waals surface area contributed by atoms with E-state index in [-0.39, 0.29) is 5.78 Å². The van der Waals surface area contributed by atoms with Crippen LogP contribution in [0.3, 0.4) is 0 Å². The highest BCUT2D eigenvalue weighted by molar-refractivity contribution is 7.18. The van der Waals surface area contributed by atoms with Gasteiger partial charge in [-0.1, -0.05) is 29.8 Å². The molecule has 0 saturated heterocycles. The van der Waals surface area contributed by atoms with E-state index in [1.165, 1.54) is 11.3 Å². The average molecular weight is 279 g/mol. The van der Waals surface area contributed by atoms with Crippen molar-refractivity contribution in [1.82, 2.24) is 0 Å². The summed E-state index contributed by atoms with van der Waals surface area (Å²) >= 11 is 7.32. The van der Waals surface area contributed by atoms with Crippen LogP contribution in [0.1, 0.15) is 20.8 Å². The number of carbonyl (C=O) groups is 1. The van der Waals surface area contributed by atoms with Crippen LogP contribution in [0.15, 0.2) is 30.3 Å². The molecule has 3 rings (SSSR count). The topological polar surface area (TPSA) is 26.3 Å². The Balaban J connectivity index is 1.84. The number of halogens is 1. The van der Waals surface area contributed by atoms with Crippen molar-refractivity contribution in [3.05, 3.63) is 50.7 Å². The Hall–Kier alpha value is -1.32. The first-order valence-corrected chi connectivity index (χ1v) is 6.89. The summed E-state index contributed by atoms with van der Waals surface area (Å²) in [6.07, 6.45) is 0.236. The summed E-state index contributed by atoms with van der Waals surface area (Å²) in [5.74, 6) is 0.835. The van der Waals surface area contributed by atoms with Gasteiger partial charge in [-0.15, -0.1) is 11.3 Å². The van der Waals surface area contributed by atoms with Crippen LogP contribution >= 0.6 is 22.9 Å². The van der Waals surface area contributed by atoms with Gasteiger partial charge in [0.15, 0.2) is 6.10 Å². The third-order valence-corrected chi connectivity index (χ3v) is 4.61. The minimum absolute atomic E-state index is 0.0196. The number of ketones is 1. The van der Waals surface area contributed by atoms with Crippen molar-refractivity contribution in [2.24, 2.45) is 0 Å². The fraction of sp³-hybridized carbons (Fsp3) is 0.214. The van der Waals surface area contributed by atoms with Gasteiger partial charge in [-0.25, -0.2) is 0 Å². The van der Waals surface area contributed by atoms with Gasteiger partial charge >= 0.3 is 0 Å². The molecule has 0 spiro atoms. The minimum Gasteiger partial charge on any atom is -0.482 e. The molecule has 18 heavy (non-hydrogen) atoms. The Morgan fingerprint density at radius 2 is 2.22 bits per heavy atom. The number of carbonyl (C=O) groups excluding carboxylic acids is 1. The number of benzene rings is 1. The van der Waals surface area contributed by atoms with Crippen LogP contribution in [0.4, 0.5) is 0 Å². The molecule has 0 fully saturated rings. The Labute approximate surface area is 114 Å². The molecule has 0 bridgehead atoms.